The van der Waals surface area contributed by atoms with Gasteiger partial charge in [0.15, 0.2) is 0 Å². The third-order valence-corrected chi connectivity index (χ3v) is 4.46. The summed E-state index contributed by atoms with van der Waals surface area (Å²) in [5.74, 6) is -0.694. The molecule has 0 fully saturated rings. The first kappa shape index (κ1) is 14.7. The molecule has 0 radical (unpaired) electrons. The van der Waals surface area contributed by atoms with Crippen LogP contribution < -0.4 is 5.32 Å². The lowest BCUT2D eigenvalue weighted by atomic mass is 10.1. The maximum atomic E-state index is 12.2. The second-order valence-electron chi connectivity index (χ2n) is 3.92. The second-order valence-corrected chi connectivity index (χ2v) is 5.75. The lowest BCUT2D eigenvalue weighted by Gasteiger charge is -2.11. The van der Waals surface area contributed by atoms with Crippen LogP contribution in [-0.4, -0.2) is 19.0 Å². The van der Waals surface area contributed by atoms with Gasteiger partial charge in [0.2, 0.25) is 5.91 Å². The van der Waals surface area contributed by atoms with E-state index < -0.39 is 10.8 Å². The first-order valence-corrected chi connectivity index (χ1v) is 7.58. The van der Waals surface area contributed by atoms with Gasteiger partial charge in [-0.05, 0) is 17.0 Å². The standard InChI is InChI=1S/C14H12BrNO3S/c1-19-14(18)12-10(7-8-20-12)16-13(17)11(15)9-5-3-2-4-6-9/h2-8,11H,1H3,(H,16,17). The van der Waals surface area contributed by atoms with E-state index in [0.29, 0.717) is 10.6 Å². The van der Waals surface area contributed by atoms with Gasteiger partial charge in [0, 0.05) is 0 Å². The molecule has 1 unspecified atom stereocenters. The molecule has 0 aliphatic carbocycles. The number of esters is 1. The van der Waals surface area contributed by atoms with Crippen molar-refractivity contribution >= 4 is 44.8 Å². The van der Waals surface area contributed by atoms with E-state index in [2.05, 4.69) is 26.0 Å². The molecular weight excluding hydrogens is 342 g/mol. The SMILES string of the molecule is COC(=O)c1sccc1NC(=O)C(Br)c1ccccc1. The maximum Gasteiger partial charge on any atom is 0.350 e. The highest BCUT2D eigenvalue weighted by molar-refractivity contribution is 9.09. The fourth-order valence-corrected chi connectivity index (χ4v) is 2.81. The topological polar surface area (TPSA) is 55.4 Å². The van der Waals surface area contributed by atoms with E-state index in [1.54, 1.807) is 11.4 Å². The van der Waals surface area contributed by atoms with Crippen molar-refractivity contribution < 1.29 is 14.3 Å². The molecule has 1 N–H and O–H groups in total. The number of anilines is 1. The normalized spacial score (nSPS) is 11.7. The molecule has 1 atom stereocenters. The lowest BCUT2D eigenvalue weighted by Crippen LogP contribution is -2.18. The van der Waals surface area contributed by atoms with Gasteiger partial charge in [-0.15, -0.1) is 11.3 Å². The lowest BCUT2D eigenvalue weighted by molar-refractivity contribution is -0.115. The van der Waals surface area contributed by atoms with Gasteiger partial charge in [-0.3, -0.25) is 4.79 Å². The van der Waals surface area contributed by atoms with Crippen molar-refractivity contribution in [1.29, 1.82) is 0 Å². The summed E-state index contributed by atoms with van der Waals surface area (Å²) in [5.41, 5.74) is 1.31. The number of hydrogen-bond donors (Lipinski definition) is 1. The van der Waals surface area contributed by atoms with E-state index in [1.807, 2.05) is 30.3 Å². The molecule has 2 rings (SSSR count). The number of carbonyl (C=O) groups is 2. The summed E-state index contributed by atoms with van der Waals surface area (Å²) in [6.45, 7) is 0. The van der Waals surface area contributed by atoms with Crippen LogP contribution >= 0.6 is 27.3 Å². The third kappa shape index (κ3) is 3.26. The van der Waals surface area contributed by atoms with Gasteiger partial charge in [-0.25, -0.2) is 4.79 Å². The molecule has 0 aliphatic heterocycles. The molecule has 1 heterocycles. The van der Waals surface area contributed by atoms with Crippen LogP contribution in [0.15, 0.2) is 41.8 Å². The van der Waals surface area contributed by atoms with Crippen LogP contribution in [0.1, 0.15) is 20.1 Å². The van der Waals surface area contributed by atoms with Gasteiger partial charge < -0.3 is 10.1 Å². The predicted molar refractivity (Wildman–Crippen MR) is 82.4 cm³/mol. The summed E-state index contributed by atoms with van der Waals surface area (Å²) in [7, 11) is 1.31. The Morgan fingerprint density at radius 1 is 1.25 bits per heavy atom. The van der Waals surface area contributed by atoms with Crippen molar-refractivity contribution in [2.45, 2.75) is 4.83 Å². The van der Waals surface area contributed by atoms with Crippen LogP contribution in [0.2, 0.25) is 0 Å². The number of ether oxygens (including phenoxy) is 1. The highest BCUT2D eigenvalue weighted by Crippen LogP contribution is 2.27. The molecule has 104 valence electrons. The molecule has 0 spiro atoms. The Balaban J connectivity index is 2.13. The Hall–Kier alpha value is -1.66. The van der Waals surface area contributed by atoms with E-state index in [4.69, 9.17) is 0 Å². The molecule has 0 saturated heterocycles. The van der Waals surface area contributed by atoms with Crippen molar-refractivity contribution in [3.8, 4) is 0 Å². The van der Waals surface area contributed by atoms with Gasteiger partial charge in [0.1, 0.15) is 9.70 Å². The van der Waals surface area contributed by atoms with E-state index in [1.165, 1.54) is 18.4 Å². The molecule has 0 aliphatic rings. The summed E-state index contributed by atoms with van der Waals surface area (Å²) >= 11 is 4.58. The number of halogens is 1. The summed E-state index contributed by atoms with van der Waals surface area (Å²) in [4.78, 5) is 23.6. The second kappa shape index (κ2) is 6.67. The Kier molecular flexibility index (Phi) is 4.92. The Labute approximate surface area is 128 Å². The van der Waals surface area contributed by atoms with Crippen molar-refractivity contribution in [2.24, 2.45) is 0 Å². The average molecular weight is 354 g/mol. The molecule has 0 saturated carbocycles. The summed E-state index contributed by atoms with van der Waals surface area (Å²) in [6.07, 6.45) is 0. The highest BCUT2D eigenvalue weighted by atomic mass is 79.9. The number of rotatable bonds is 4. The number of methoxy groups -OCH3 is 1. The quantitative estimate of drug-likeness (QED) is 0.674. The molecule has 2 aromatic rings. The smallest absolute Gasteiger partial charge is 0.350 e. The first-order valence-electron chi connectivity index (χ1n) is 5.79. The molecular formula is C14H12BrNO3S. The minimum absolute atomic E-state index is 0.236. The molecule has 4 nitrogen and oxygen atoms in total. The van der Waals surface area contributed by atoms with Crippen LogP contribution in [0.4, 0.5) is 5.69 Å². The number of hydrogen-bond acceptors (Lipinski definition) is 4. The molecule has 1 aromatic heterocycles. The Bertz CT molecular complexity index is 612. The van der Waals surface area contributed by atoms with Crippen molar-refractivity contribution in [3.63, 3.8) is 0 Å². The molecule has 6 heteroatoms. The van der Waals surface area contributed by atoms with E-state index in [9.17, 15) is 9.59 Å². The van der Waals surface area contributed by atoms with E-state index in [0.717, 1.165) is 5.56 Å². The largest absolute Gasteiger partial charge is 0.465 e. The highest BCUT2D eigenvalue weighted by Gasteiger charge is 2.20. The van der Waals surface area contributed by atoms with Crippen LogP contribution in [-0.2, 0) is 9.53 Å². The fraction of sp³-hybridized carbons (Fsp3) is 0.143. The minimum Gasteiger partial charge on any atom is -0.465 e. The van der Waals surface area contributed by atoms with Crippen LogP contribution in [0.25, 0.3) is 0 Å². The number of nitrogens with one attached hydrogen (secondary N) is 1. The molecule has 0 bridgehead atoms. The zero-order valence-electron chi connectivity index (χ0n) is 10.6. The molecule has 1 aromatic carbocycles. The van der Waals surface area contributed by atoms with Crippen LogP contribution in [0, 0.1) is 0 Å². The fourth-order valence-electron chi connectivity index (χ4n) is 1.63. The summed E-state index contributed by atoms with van der Waals surface area (Å²) < 4.78 is 4.67. The van der Waals surface area contributed by atoms with E-state index >= 15 is 0 Å². The van der Waals surface area contributed by atoms with Crippen LogP contribution in [0.3, 0.4) is 0 Å². The molecule has 20 heavy (non-hydrogen) atoms. The van der Waals surface area contributed by atoms with Gasteiger partial charge in [0.25, 0.3) is 0 Å². The van der Waals surface area contributed by atoms with Crippen molar-refractivity contribution in [3.05, 3.63) is 52.2 Å². The zero-order valence-corrected chi connectivity index (χ0v) is 13.0. The maximum absolute atomic E-state index is 12.2. The van der Waals surface area contributed by atoms with Crippen molar-refractivity contribution in [2.75, 3.05) is 12.4 Å². The predicted octanol–water partition coefficient (Wildman–Crippen LogP) is 3.61. The van der Waals surface area contributed by atoms with Gasteiger partial charge >= 0.3 is 5.97 Å². The van der Waals surface area contributed by atoms with Gasteiger partial charge in [-0.1, -0.05) is 46.3 Å². The monoisotopic (exact) mass is 353 g/mol. The minimum atomic E-state index is -0.478. The average Bonchev–Trinajstić information content (AvgIpc) is 2.94. The molecule has 1 amide bonds. The first-order chi connectivity index (χ1) is 9.63. The summed E-state index contributed by atoms with van der Waals surface area (Å²) in [6, 6.07) is 11.0. The van der Waals surface area contributed by atoms with Crippen molar-refractivity contribution in [1.82, 2.24) is 0 Å². The summed E-state index contributed by atoms with van der Waals surface area (Å²) in [5, 5.41) is 4.46. The van der Waals surface area contributed by atoms with E-state index in [-0.39, 0.29) is 5.91 Å². The number of benzene rings is 1. The van der Waals surface area contributed by atoms with Gasteiger partial charge in [0.05, 0.1) is 12.8 Å². The number of thiophene rings is 1. The number of carbonyl (C=O) groups excluding carboxylic acids is 2. The third-order valence-electron chi connectivity index (χ3n) is 2.62. The zero-order chi connectivity index (χ0) is 14.5. The Morgan fingerprint density at radius 3 is 2.60 bits per heavy atom. The number of amides is 1. The Morgan fingerprint density at radius 2 is 1.95 bits per heavy atom. The number of alkyl halides is 1. The van der Waals surface area contributed by atoms with Gasteiger partial charge in [-0.2, -0.15) is 0 Å². The van der Waals surface area contributed by atoms with Crippen LogP contribution in [0.5, 0.6) is 0 Å².